The van der Waals surface area contributed by atoms with Crippen LogP contribution in [0.15, 0.2) is 47.1 Å². The molecule has 0 saturated heterocycles. The molecule has 23 heavy (non-hydrogen) atoms. The number of allylic oxidation sites excluding steroid dienone is 2. The highest BCUT2D eigenvalue weighted by atomic mass is 19.4. The lowest BCUT2D eigenvalue weighted by atomic mass is 10.0. The first kappa shape index (κ1) is 17.3. The van der Waals surface area contributed by atoms with E-state index >= 15 is 0 Å². The molecule has 2 rings (SSSR count). The molecule has 1 aliphatic heterocycles. The van der Waals surface area contributed by atoms with Crippen LogP contribution in [0.4, 0.5) is 30.7 Å². The summed E-state index contributed by atoms with van der Waals surface area (Å²) >= 11 is 0. The van der Waals surface area contributed by atoms with Crippen LogP contribution in [-0.4, -0.2) is 36.8 Å². The molecule has 1 heterocycles. The molecule has 1 N–H and O–H groups in total. The standard InChI is InChI=1S/C14H11F7N2/c15-12(16,13(17,18)14(19,20)21)11-8-10(22-6-7-23-11)9-4-2-1-3-5-9/h1-5,8,23H,6-7H2. The van der Waals surface area contributed by atoms with Gasteiger partial charge in [0.1, 0.15) is 0 Å². The Balaban J connectivity index is 2.45. The van der Waals surface area contributed by atoms with E-state index in [0.29, 0.717) is 11.6 Å². The molecule has 1 aliphatic rings. The van der Waals surface area contributed by atoms with E-state index in [1.165, 1.54) is 12.1 Å². The van der Waals surface area contributed by atoms with Crippen molar-refractivity contribution < 1.29 is 30.7 Å². The number of halogens is 7. The molecule has 0 radical (unpaired) electrons. The Hall–Kier alpha value is -2.06. The fraction of sp³-hybridized carbons (Fsp3) is 0.357. The first-order valence-electron chi connectivity index (χ1n) is 6.45. The molecule has 0 bridgehead atoms. The fourth-order valence-electron chi connectivity index (χ4n) is 1.93. The SMILES string of the molecule is FC(F)(F)C(F)(F)C(F)(F)C1=CC(c2ccccc2)=NCCN1. The number of hydrogen-bond donors (Lipinski definition) is 1. The molecule has 0 unspecified atom stereocenters. The third kappa shape index (κ3) is 3.18. The fourth-order valence-corrected chi connectivity index (χ4v) is 1.93. The van der Waals surface area contributed by atoms with E-state index in [9.17, 15) is 30.7 Å². The van der Waals surface area contributed by atoms with Gasteiger partial charge >= 0.3 is 18.0 Å². The van der Waals surface area contributed by atoms with Crippen molar-refractivity contribution >= 4 is 5.71 Å². The molecule has 126 valence electrons. The van der Waals surface area contributed by atoms with E-state index in [1.54, 1.807) is 18.2 Å². The van der Waals surface area contributed by atoms with Crippen molar-refractivity contribution in [3.05, 3.63) is 47.7 Å². The summed E-state index contributed by atoms with van der Waals surface area (Å²) in [5, 5.41) is 1.92. The summed E-state index contributed by atoms with van der Waals surface area (Å²) in [6, 6.07) is 7.73. The van der Waals surface area contributed by atoms with Gasteiger partial charge in [0.05, 0.1) is 18.0 Å². The van der Waals surface area contributed by atoms with Gasteiger partial charge in [0.2, 0.25) is 0 Å². The van der Waals surface area contributed by atoms with Gasteiger partial charge in [-0.3, -0.25) is 4.99 Å². The molecule has 0 aliphatic carbocycles. The van der Waals surface area contributed by atoms with E-state index in [2.05, 4.69) is 4.99 Å². The number of nitrogens with one attached hydrogen (secondary N) is 1. The van der Waals surface area contributed by atoms with E-state index in [-0.39, 0.29) is 18.8 Å². The predicted octanol–water partition coefficient (Wildman–Crippen LogP) is 3.80. The Morgan fingerprint density at radius 2 is 1.52 bits per heavy atom. The first-order chi connectivity index (χ1) is 10.6. The van der Waals surface area contributed by atoms with Crippen molar-refractivity contribution in [1.82, 2.24) is 5.32 Å². The summed E-state index contributed by atoms with van der Waals surface area (Å²) < 4.78 is 90.8. The average Bonchev–Trinajstić information content (AvgIpc) is 2.73. The van der Waals surface area contributed by atoms with Crippen LogP contribution in [0.2, 0.25) is 0 Å². The third-order valence-electron chi connectivity index (χ3n) is 3.15. The Morgan fingerprint density at radius 1 is 0.913 bits per heavy atom. The maximum atomic E-state index is 13.8. The zero-order chi connectivity index (χ0) is 17.3. The van der Waals surface area contributed by atoms with Crippen LogP contribution in [0.5, 0.6) is 0 Å². The number of nitrogens with zero attached hydrogens (tertiary/aromatic N) is 1. The summed E-state index contributed by atoms with van der Waals surface area (Å²) in [6.45, 7) is -0.330. The molecule has 1 aromatic rings. The average molecular weight is 340 g/mol. The zero-order valence-electron chi connectivity index (χ0n) is 11.5. The second-order valence-electron chi connectivity index (χ2n) is 4.76. The molecular weight excluding hydrogens is 329 g/mol. The molecule has 9 heteroatoms. The van der Waals surface area contributed by atoms with Gasteiger partial charge in [-0.25, -0.2) is 0 Å². The monoisotopic (exact) mass is 340 g/mol. The van der Waals surface area contributed by atoms with Gasteiger partial charge in [-0.05, 0) is 11.6 Å². The van der Waals surface area contributed by atoms with E-state index < -0.39 is 23.7 Å². The normalized spacial score (nSPS) is 17.0. The lowest BCUT2D eigenvalue weighted by Crippen LogP contribution is -2.55. The predicted molar refractivity (Wildman–Crippen MR) is 69.9 cm³/mol. The Bertz CT molecular complexity index is 618. The molecule has 0 spiro atoms. The molecular formula is C14H11F7N2. The van der Waals surface area contributed by atoms with Gasteiger partial charge in [-0.1, -0.05) is 30.3 Å². The van der Waals surface area contributed by atoms with Crippen LogP contribution in [-0.2, 0) is 0 Å². The maximum Gasteiger partial charge on any atom is 0.460 e. The molecule has 0 saturated carbocycles. The molecule has 2 nitrogen and oxygen atoms in total. The third-order valence-corrected chi connectivity index (χ3v) is 3.15. The van der Waals surface area contributed by atoms with Crippen molar-refractivity contribution in [1.29, 1.82) is 0 Å². The quantitative estimate of drug-likeness (QED) is 0.832. The summed E-state index contributed by atoms with van der Waals surface area (Å²) in [5.74, 6) is -11.6. The van der Waals surface area contributed by atoms with Crippen LogP contribution in [0.25, 0.3) is 0 Å². The lowest BCUT2D eigenvalue weighted by molar-refractivity contribution is -0.345. The number of hydrogen-bond acceptors (Lipinski definition) is 2. The highest BCUT2D eigenvalue weighted by Crippen LogP contribution is 2.49. The largest absolute Gasteiger partial charge is 0.460 e. The Labute approximate surface area is 126 Å². The lowest BCUT2D eigenvalue weighted by Gasteiger charge is -2.30. The smallest absolute Gasteiger partial charge is 0.381 e. The van der Waals surface area contributed by atoms with E-state index in [1.807, 2.05) is 5.32 Å². The van der Waals surface area contributed by atoms with Crippen molar-refractivity contribution in [2.75, 3.05) is 13.1 Å². The van der Waals surface area contributed by atoms with Gasteiger partial charge in [0, 0.05) is 6.54 Å². The molecule has 0 aromatic heterocycles. The minimum absolute atomic E-state index is 0.0438. The molecule has 0 amide bonds. The summed E-state index contributed by atoms with van der Waals surface area (Å²) in [5.41, 5.74) is -1.27. The molecule has 1 aromatic carbocycles. The van der Waals surface area contributed by atoms with Gasteiger partial charge in [-0.2, -0.15) is 30.7 Å². The van der Waals surface area contributed by atoms with Crippen LogP contribution in [0.1, 0.15) is 5.56 Å². The maximum absolute atomic E-state index is 13.8. The number of rotatable bonds is 3. The van der Waals surface area contributed by atoms with Crippen molar-refractivity contribution in [3.8, 4) is 0 Å². The zero-order valence-corrected chi connectivity index (χ0v) is 11.5. The minimum Gasteiger partial charge on any atom is -0.381 e. The number of benzene rings is 1. The Kier molecular flexibility index (Phi) is 4.41. The minimum atomic E-state index is -6.38. The molecule has 0 fully saturated rings. The van der Waals surface area contributed by atoms with Crippen molar-refractivity contribution in [2.24, 2.45) is 4.99 Å². The second kappa shape index (κ2) is 5.86. The van der Waals surface area contributed by atoms with Crippen molar-refractivity contribution in [2.45, 2.75) is 18.0 Å². The van der Waals surface area contributed by atoms with Gasteiger partial charge < -0.3 is 5.32 Å². The van der Waals surface area contributed by atoms with Gasteiger partial charge in [0.25, 0.3) is 0 Å². The summed E-state index contributed by atoms with van der Waals surface area (Å²) in [7, 11) is 0. The Morgan fingerprint density at radius 3 is 2.09 bits per heavy atom. The van der Waals surface area contributed by atoms with E-state index in [0.717, 1.165) is 0 Å². The summed E-state index contributed by atoms with van der Waals surface area (Å²) in [4.78, 5) is 3.92. The highest BCUT2D eigenvalue weighted by molar-refractivity contribution is 6.09. The summed E-state index contributed by atoms with van der Waals surface area (Å²) in [6.07, 6.45) is -5.85. The second-order valence-corrected chi connectivity index (χ2v) is 4.76. The van der Waals surface area contributed by atoms with Crippen LogP contribution in [0, 0.1) is 0 Å². The van der Waals surface area contributed by atoms with Gasteiger partial charge in [0.15, 0.2) is 0 Å². The van der Waals surface area contributed by atoms with Crippen LogP contribution < -0.4 is 5.32 Å². The topological polar surface area (TPSA) is 24.4 Å². The molecule has 0 atom stereocenters. The first-order valence-corrected chi connectivity index (χ1v) is 6.45. The number of aliphatic imine (C=N–C) groups is 1. The van der Waals surface area contributed by atoms with Crippen molar-refractivity contribution in [3.63, 3.8) is 0 Å². The number of alkyl halides is 7. The highest BCUT2D eigenvalue weighted by Gasteiger charge is 2.74. The van der Waals surface area contributed by atoms with E-state index in [4.69, 9.17) is 0 Å². The van der Waals surface area contributed by atoms with Gasteiger partial charge in [-0.15, -0.1) is 0 Å². The van der Waals surface area contributed by atoms with Crippen LogP contribution >= 0.6 is 0 Å². The van der Waals surface area contributed by atoms with Crippen LogP contribution in [0.3, 0.4) is 0 Å².